The minimum Gasteiger partial charge on any atom is -0.448 e. The van der Waals surface area contributed by atoms with Crippen molar-refractivity contribution in [1.29, 1.82) is 0 Å². The third-order valence-electron chi connectivity index (χ3n) is 1.90. The van der Waals surface area contributed by atoms with Gasteiger partial charge in [-0.1, -0.05) is 0 Å². The van der Waals surface area contributed by atoms with Crippen LogP contribution in [0.4, 0.5) is 0 Å². The van der Waals surface area contributed by atoms with Gasteiger partial charge in [-0.05, 0) is 35.1 Å². The molecule has 0 atom stereocenters. The van der Waals surface area contributed by atoms with E-state index >= 15 is 0 Å². The molecule has 14 heavy (non-hydrogen) atoms. The number of halogens is 1. The summed E-state index contributed by atoms with van der Waals surface area (Å²) in [4.78, 5) is 0. The van der Waals surface area contributed by atoms with Gasteiger partial charge in [-0.3, -0.25) is 5.10 Å². The summed E-state index contributed by atoms with van der Waals surface area (Å²) < 4.78 is 6.15. The lowest BCUT2D eigenvalue weighted by molar-refractivity contribution is 0.552. The number of H-pyrrole nitrogens is 1. The van der Waals surface area contributed by atoms with Crippen molar-refractivity contribution in [2.24, 2.45) is 0 Å². The predicted molar refractivity (Wildman–Crippen MR) is 56.8 cm³/mol. The fourth-order valence-electron chi connectivity index (χ4n) is 1.30. The molecule has 0 aliphatic rings. The van der Waals surface area contributed by atoms with E-state index in [9.17, 15) is 0 Å². The van der Waals surface area contributed by atoms with Gasteiger partial charge in [0.05, 0.1) is 6.20 Å². The van der Waals surface area contributed by atoms with E-state index in [0.29, 0.717) is 0 Å². The number of furan rings is 1. The molecule has 0 aromatic carbocycles. The predicted octanol–water partition coefficient (Wildman–Crippen LogP) is 2.15. The standard InChI is InChI=1S/C9H10BrN3O/c1-11-4-6-5-12-13-9(6)7-2-3-8(10)14-7/h2-3,5,11H,4H2,1H3,(H,12,13). The molecule has 74 valence electrons. The molecule has 0 aliphatic carbocycles. The third kappa shape index (κ3) is 1.73. The Kier molecular flexibility index (Phi) is 2.69. The molecular weight excluding hydrogens is 246 g/mol. The molecule has 0 radical (unpaired) electrons. The number of rotatable bonds is 3. The number of hydrogen-bond donors (Lipinski definition) is 2. The summed E-state index contributed by atoms with van der Waals surface area (Å²) in [5.74, 6) is 0.791. The molecule has 5 heteroatoms. The minimum absolute atomic E-state index is 0.720. The molecule has 2 rings (SSSR count). The van der Waals surface area contributed by atoms with Crippen molar-refractivity contribution in [3.05, 3.63) is 28.6 Å². The molecule has 0 saturated heterocycles. The van der Waals surface area contributed by atoms with E-state index in [4.69, 9.17) is 4.42 Å². The number of hydrogen-bond acceptors (Lipinski definition) is 3. The molecule has 0 aliphatic heterocycles. The first kappa shape index (κ1) is 9.48. The van der Waals surface area contributed by atoms with E-state index in [1.165, 1.54) is 0 Å². The maximum Gasteiger partial charge on any atom is 0.169 e. The van der Waals surface area contributed by atoms with Crippen LogP contribution in [0.1, 0.15) is 5.56 Å². The number of aromatic amines is 1. The van der Waals surface area contributed by atoms with E-state index in [2.05, 4.69) is 31.4 Å². The highest BCUT2D eigenvalue weighted by Gasteiger charge is 2.10. The Hall–Kier alpha value is -1.07. The Bertz CT molecular complexity index is 421. The lowest BCUT2D eigenvalue weighted by Gasteiger charge is -1.98. The topological polar surface area (TPSA) is 53.9 Å². The molecule has 2 N–H and O–H groups in total. The molecule has 2 aromatic heterocycles. The van der Waals surface area contributed by atoms with Crippen LogP contribution in [-0.2, 0) is 6.54 Å². The van der Waals surface area contributed by atoms with Crippen LogP contribution in [0.15, 0.2) is 27.4 Å². The van der Waals surface area contributed by atoms with Gasteiger partial charge in [0.25, 0.3) is 0 Å². The van der Waals surface area contributed by atoms with Gasteiger partial charge in [0.2, 0.25) is 0 Å². The highest BCUT2D eigenvalue weighted by molar-refractivity contribution is 9.10. The van der Waals surface area contributed by atoms with E-state index in [1.54, 1.807) is 6.20 Å². The largest absolute Gasteiger partial charge is 0.448 e. The Morgan fingerprint density at radius 3 is 3.07 bits per heavy atom. The SMILES string of the molecule is CNCc1cn[nH]c1-c1ccc(Br)o1. The summed E-state index contributed by atoms with van der Waals surface area (Å²) >= 11 is 3.26. The summed E-state index contributed by atoms with van der Waals surface area (Å²) in [5, 5.41) is 9.98. The Morgan fingerprint density at radius 2 is 2.43 bits per heavy atom. The van der Waals surface area contributed by atoms with Crippen molar-refractivity contribution in [1.82, 2.24) is 15.5 Å². The van der Waals surface area contributed by atoms with Gasteiger partial charge in [0.15, 0.2) is 10.4 Å². The van der Waals surface area contributed by atoms with Gasteiger partial charge in [0, 0.05) is 12.1 Å². The van der Waals surface area contributed by atoms with E-state index < -0.39 is 0 Å². The lowest BCUT2D eigenvalue weighted by atomic mass is 10.2. The fraction of sp³-hybridized carbons (Fsp3) is 0.222. The van der Waals surface area contributed by atoms with Gasteiger partial charge in [0.1, 0.15) is 5.69 Å². The van der Waals surface area contributed by atoms with Crippen LogP contribution in [0.2, 0.25) is 0 Å². The van der Waals surface area contributed by atoms with Gasteiger partial charge in [-0.2, -0.15) is 5.10 Å². The first-order chi connectivity index (χ1) is 6.81. The van der Waals surface area contributed by atoms with E-state index in [1.807, 2.05) is 19.2 Å². The Labute approximate surface area is 89.8 Å². The van der Waals surface area contributed by atoms with E-state index in [0.717, 1.165) is 28.2 Å². The fourth-order valence-corrected chi connectivity index (χ4v) is 1.60. The quantitative estimate of drug-likeness (QED) is 0.884. The molecule has 2 heterocycles. The molecule has 2 aromatic rings. The zero-order valence-corrected chi connectivity index (χ0v) is 9.26. The second kappa shape index (κ2) is 3.98. The average Bonchev–Trinajstić information content (AvgIpc) is 2.74. The summed E-state index contributed by atoms with van der Waals surface area (Å²) in [6.45, 7) is 0.768. The molecule has 0 spiro atoms. The normalized spacial score (nSPS) is 10.7. The first-order valence-electron chi connectivity index (χ1n) is 4.24. The molecule has 0 bridgehead atoms. The maximum atomic E-state index is 5.43. The van der Waals surface area contributed by atoms with Crippen LogP contribution in [0.3, 0.4) is 0 Å². The second-order valence-electron chi connectivity index (χ2n) is 2.90. The van der Waals surface area contributed by atoms with Gasteiger partial charge in [-0.25, -0.2) is 0 Å². The van der Waals surface area contributed by atoms with Crippen molar-refractivity contribution in [3.63, 3.8) is 0 Å². The smallest absolute Gasteiger partial charge is 0.169 e. The highest BCUT2D eigenvalue weighted by Crippen LogP contribution is 2.25. The number of aromatic nitrogens is 2. The monoisotopic (exact) mass is 255 g/mol. The summed E-state index contributed by atoms with van der Waals surface area (Å²) in [7, 11) is 1.90. The van der Waals surface area contributed by atoms with E-state index in [-0.39, 0.29) is 0 Å². The summed E-state index contributed by atoms with van der Waals surface area (Å²) in [5.41, 5.74) is 2.01. The van der Waals surface area contributed by atoms with Crippen LogP contribution in [-0.4, -0.2) is 17.2 Å². The first-order valence-corrected chi connectivity index (χ1v) is 5.03. The van der Waals surface area contributed by atoms with Crippen LogP contribution in [0.5, 0.6) is 0 Å². The molecular formula is C9H10BrN3O. The van der Waals surface area contributed by atoms with Crippen LogP contribution < -0.4 is 5.32 Å². The van der Waals surface area contributed by atoms with Gasteiger partial charge < -0.3 is 9.73 Å². The Morgan fingerprint density at radius 1 is 1.57 bits per heavy atom. The zero-order valence-electron chi connectivity index (χ0n) is 7.67. The summed E-state index contributed by atoms with van der Waals surface area (Å²) in [6.07, 6.45) is 1.79. The molecule has 4 nitrogen and oxygen atoms in total. The minimum atomic E-state index is 0.720. The van der Waals surface area contributed by atoms with Crippen LogP contribution in [0, 0.1) is 0 Å². The Balaban J connectivity index is 2.36. The van der Waals surface area contributed by atoms with Gasteiger partial charge in [-0.15, -0.1) is 0 Å². The lowest BCUT2D eigenvalue weighted by Crippen LogP contribution is -2.04. The van der Waals surface area contributed by atoms with Gasteiger partial charge >= 0.3 is 0 Å². The average molecular weight is 256 g/mol. The zero-order chi connectivity index (χ0) is 9.97. The van der Waals surface area contributed by atoms with Crippen molar-refractivity contribution >= 4 is 15.9 Å². The van der Waals surface area contributed by atoms with Crippen molar-refractivity contribution in [2.75, 3.05) is 7.05 Å². The van der Waals surface area contributed by atoms with Crippen molar-refractivity contribution < 1.29 is 4.42 Å². The molecule has 0 saturated carbocycles. The number of nitrogens with zero attached hydrogens (tertiary/aromatic N) is 1. The third-order valence-corrected chi connectivity index (χ3v) is 2.33. The second-order valence-corrected chi connectivity index (χ2v) is 3.69. The number of nitrogens with one attached hydrogen (secondary N) is 2. The molecule has 0 amide bonds. The van der Waals surface area contributed by atoms with Crippen molar-refractivity contribution in [3.8, 4) is 11.5 Å². The molecule has 0 unspecified atom stereocenters. The molecule has 0 fully saturated rings. The van der Waals surface area contributed by atoms with Crippen LogP contribution in [0.25, 0.3) is 11.5 Å². The summed E-state index contributed by atoms with van der Waals surface area (Å²) in [6, 6.07) is 3.76. The highest BCUT2D eigenvalue weighted by atomic mass is 79.9. The van der Waals surface area contributed by atoms with Crippen molar-refractivity contribution in [2.45, 2.75) is 6.54 Å². The van der Waals surface area contributed by atoms with Crippen LogP contribution >= 0.6 is 15.9 Å². The maximum absolute atomic E-state index is 5.43.